The van der Waals surface area contributed by atoms with Gasteiger partial charge in [-0.3, -0.25) is 14.4 Å². The molecule has 0 radical (unpaired) electrons. The summed E-state index contributed by atoms with van der Waals surface area (Å²) in [4.78, 5) is 57.0. The van der Waals surface area contributed by atoms with E-state index < -0.39 is 123 Å². The fourth-order valence-corrected chi connectivity index (χ4v) is 12.7. The Kier molecular flexibility index (Phi) is 20.5. The zero-order valence-corrected chi connectivity index (χ0v) is 49.9. The molecule has 0 spiro atoms. The molecule has 18 atom stereocenters. The number of likely N-dealkylation sites (N-methyl/N-ethyl adjacent to an activating group) is 2. The zero-order valence-electron chi connectivity index (χ0n) is 47.8. The lowest BCUT2D eigenvalue weighted by Crippen LogP contribution is -2.63. The monoisotopic (exact) mass is 1230 g/mol. The van der Waals surface area contributed by atoms with Crippen molar-refractivity contribution in [3.05, 3.63) is 33.9 Å². The predicted octanol–water partition coefficient (Wildman–Crippen LogP) is 4.47. The van der Waals surface area contributed by atoms with Crippen molar-refractivity contribution >= 4 is 57.1 Å². The molecular weight excluding hydrogens is 1150 g/mol. The van der Waals surface area contributed by atoms with Crippen LogP contribution in [0.25, 0.3) is 10.9 Å². The number of hydrogen-bond acceptors (Lipinski definition) is 20. The van der Waals surface area contributed by atoms with Gasteiger partial charge in [0.15, 0.2) is 34.4 Å². The first-order chi connectivity index (χ1) is 37.0. The number of nitrogens with one attached hydrogen (secondary N) is 1. The van der Waals surface area contributed by atoms with E-state index in [0.29, 0.717) is 13.0 Å². The summed E-state index contributed by atoms with van der Waals surface area (Å²) in [5.74, 6) is -5.75. The number of carbonyl (C=O) groups excluding carboxylic acids is 2. The molecule has 5 heterocycles. The summed E-state index contributed by atoms with van der Waals surface area (Å²) in [6, 6.07) is 0.167. The van der Waals surface area contributed by atoms with Crippen LogP contribution in [-0.4, -0.2) is 209 Å². The van der Waals surface area contributed by atoms with Gasteiger partial charge in [-0.25, -0.2) is 9.18 Å². The number of halogens is 2. The minimum absolute atomic E-state index is 0.00833. The molecule has 0 amide bonds. The van der Waals surface area contributed by atoms with Gasteiger partial charge in [0, 0.05) is 56.9 Å². The van der Waals surface area contributed by atoms with E-state index >= 15 is 4.39 Å². The molecule has 446 valence electrons. The number of aromatic nitrogens is 1. The van der Waals surface area contributed by atoms with Crippen LogP contribution >= 0.6 is 22.6 Å². The predicted molar refractivity (Wildman–Crippen MR) is 294 cm³/mol. The number of carbonyl (C=O) groups is 3. The maximum atomic E-state index is 15.6. The van der Waals surface area contributed by atoms with Crippen LogP contribution in [-0.2, 0) is 52.2 Å². The molecule has 22 nitrogen and oxygen atoms in total. The summed E-state index contributed by atoms with van der Waals surface area (Å²) in [5, 5.41) is 49.5. The van der Waals surface area contributed by atoms with Gasteiger partial charge in [0.05, 0.1) is 80.2 Å². The molecule has 4 saturated heterocycles. The van der Waals surface area contributed by atoms with Crippen molar-refractivity contribution in [2.24, 2.45) is 17.8 Å². The second kappa shape index (κ2) is 25.6. The van der Waals surface area contributed by atoms with Crippen LogP contribution in [0.4, 0.5) is 10.1 Å². The first-order valence-corrected chi connectivity index (χ1v) is 28.6. The van der Waals surface area contributed by atoms with E-state index in [1.54, 1.807) is 39.2 Å². The molecular formula is C55H84FIN4O18. The molecule has 24 heteroatoms. The van der Waals surface area contributed by atoms with E-state index in [4.69, 9.17) is 47.4 Å². The number of methoxy groups -OCH3 is 2. The Morgan fingerprint density at radius 3 is 2.33 bits per heavy atom. The van der Waals surface area contributed by atoms with Crippen molar-refractivity contribution in [3.63, 3.8) is 0 Å². The third kappa shape index (κ3) is 13.8. The molecule has 2 bridgehead atoms. The van der Waals surface area contributed by atoms with E-state index in [9.17, 15) is 39.6 Å². The molecule has 5 aliphatic rings. The Morgan fingerprint density at radius 2 is 1.70 bits per heavy atom. The number of aromatic carboxylic acids is 1. The Balaban J connectivity index is 1.08. The van der Waals surface area contributed by atoms with E-state index in [2.05, 4.69) is 5.32 Å². The average molecular weight is 1240 g/mol. The number of fused-ring (bicyclic) bond motifs is 4. The van der Waals surface area contributed by atoms with Crippen LogP contribution in [0.15, 0.2) is 17.1 Å². The van der Waals surface area contributed by atoms with Crippen LogP contribution in [0.5, 0.6) is 5.75 Å². The Morgan fingerprint density at radius 1 is 1.00 bits per heavy atom. The lowest BCUT2D eigenvalue weighted by atomic mass is 9.77. The maximum Gasteiger partial charge on any atom is 0.341 e. The number of hydrogen-bond donors (Lipinski definition) is 5. The van der Waals surface area contributed by atoms with Gasteiger partial charge in [-0.1, -0.05) is 6.92 Å². The molecule has 1 saturated carbocycles. The molecule has 79 heavy (non-hydrogen) atoms. The van der Waals surface area contributed by atoms with E-state index in [0.717, 1.165) is 18.9 Å². The summed E-state index contributed by atoms with van der Waals surface area (Å²) >= 11 is 1.92. The van der Waals surface area contributed by atoms with Crippen molar-refractivity contribution in [3.8, 4) is 5.75 Å². The van der Waals surface area contributed by atoms with Crippen LogP contribution in [0.2, 0.25) is 0 Å². The molecule has 2 aromatic rings. The van der Waals surface area contributed by atoms with E-state index in [1.807, 2.05) is 74.3 Å². The Labute approximate surface area is 475 Å². The number of cyclic esters (lactones) is 1. The number of aliphatic hydroxyl groups is 3. The number of pyridine rings is 1. The summed E-state index contributed by atoms with van der Waals surface area (Å²) in [6.07, 6.45) is -5.62. The van der Waals surface area contributed by atoms with Gasteiger partial charge in [-0.05, 0) is 130 Å². The van der Waals surface area contributed by atoms with Crippen LogP contribution in [0.1, 0.15) is 110 Å². The summed E-state index contributed by atoms with van der Waals surface area (Å²) in [7, 11) is 8.45. The second-order valence-electron chi connectivity index (χ2n) is 23.4. The molecule has 0 unspecified atom stereocenters. The number of aliphatic hydroxyl groups excluding tert-OH is 1. The molecule has 1 aliphatic carbocycles. The smallest absolute Gasteiger partial charge is 0.341 e. The highest BCUT2D eigenvalue weighted by atomic mass is 127. The Hall–Kier alpha value is -3.38. The van der Waals surface area contributed by atoms with E-state index in [-0.39, 0.29) is 92.1 Å². The highest BCUT2D eigenvalue weighted by Gasteiger charge is 2.56. The van der Waals surface area contributed by atoms with Gasteiger partial charge in [0.25, 0.3) is 0 Å². The third-order valence-corrected chi connectivity index (χ3v) is 18.2. The molecule has 1 aromatic heterocycles. The van der Waals surface area contributed by atoms with Crippen molar-refractivity contribution in [1.29, 1.82) is 0 Å². The van der Waals surface area contributed by atoms with Gasteiger partial charge in [-0.2, -0.15) is 0 Å². The molecule has 7 rings (SSSR count). The number of rotatable bonds is 17. The first kappa shape index (κ1) is 63.2. The standard InChI is InChI=1S/C55H84FIN4O18/c1-27-22-53(6,68)48(78-51-43(64)37(59(9)10)20-28(2)74-51)35-26-73-46(30(4)60(11)24-27)55(8,69)52(57)79-50(67)29(3)44(35)77-39-23-54(7,71-13)47(31(5)75-39)76-38(62)16-18-72-19-17-58-40-36(56)21-33-41(45(40)70-12)61(32-14-15-32)25-34(42(33)63)49(65)66/h21,25,27-32,35,37,39,43-44,46-48,51-52,58,64,68-69H,14-20,22-24,26H2,1-13H3,(H,65,66)/t27-,28-,29-,30-,31+,35+,37+,39+,43+,44-,46-,47+,48-,51+,52+,53-,54-,55+/m1/s1. The highest BCUT2D eigenvalue weighted by molar-refractivity contribution is 14.1. The molecule has 5 N–H and O–H groups in total. The number of nitrogens with zero attached hydrogens (tertiary/aromatic N) is 3. The normalized spacial score (nSPS) is 38.0. The average Bonchev–Trinajstić information content (AvgIpc) is 4.43. The van der Waals surface area contributed by atoms with Crippen molar-refractivity contribution in [2.45, 2.75) is 188 Å². The number of esters is 2. The lowest BCUT2D eigenvalue weighted by Gasteiger charge is -2.50. The lowest BCUT2D eigenvalue weighted by molar-refractivity contribution is -0.324. The Bertz CT molecular complexity index is 2530. The van der Waals surface area contributed by atoms with Gasteiger partial charge in [0.1, 0.15) is 34.7 Å². The zero-order chi connectivity index (χ0) is 58.2. The number of carboxylic acid groups (broad SMARTS) is 1. The van der Waals surface area contributed by atoms with Gasteiger partial charge < -0.3 is 87.5 Å². The highest BCUT2D eigenvalue weighted by Crippen LogP contribution is 2.45. The molecule has 5 fully saturated rings. The van der Waals surface area contributed by atoms with Crippen LogP contribution < -0.4 is 15.5 Å². The fourth-order valence-electron chi connectivity index (χ4n) is 12.1. The number of carboxylic acids is 1. The van der Waals surface area contributed by atoms with Gasteiger partial charge in [-0.15, -0.1) is 0 Å². The summed E-state index contributed by atoms with van der Waals surface area (Å²) < 4.78 is 79.4. The third-order valence-electron chi connectivity index (χ3n) is 16.7. The summed E-state index contributed by atoms with van der Waals surface area (Å²) in [6.45, 7) is 14.5. The van der Waals surface area contributed by atoms with Crippen LogP contribution in [0.3, 0.4) is 0 Å². The number of ether oxygens (including phenoxy) is 10. The fraction of sp³-hybridized carbons (Fsp3) is 0.782. The number of benzene rings is 1. The largest absolute Gasteiger partial charge is 0.492 e. The minimum Gasteiger partial charge on any atom is -0.492 e. The number of alkyl halides is 1. The molecule has 1 aromatic carbocycles. The molecule has 4 aliphatic heterocycles. The van der Waals surface area contributed by atoms with E-state index in [1.165, 1.54) is 20.4 Å². The second-order valence-corrected chi connectivity index (χ2v) is 24.6. The maximum absolute atomic E-state index is 15.6. The minimum atomic E-state index is -1.70. The SMILES string of the molecule is COc1c(NCCOCCC(=O)O[C@H]2[C@H](C)O[C@@H](O[C@H]3[C@@H]4CO[C@H]([C@@H](C)N(C)C[C@H](C)C[C@@](C)(O)[C@@H]4O[C@@H]4O[C@H](C)C[C@H](N(C)C)[C@@H]4O)[C@](C)(O)[C@@H](I)OC(=O)[C@@H]3C)C[C@@]2(C)OC)c(F)cc2c(=O)c(C(=O)O)cn(C3CC3)c12. The summed E-state index contributed by atoms with van der Waals surface area (Å²) in [5.41, 5.74) is -5.62. The van der Waals surface area contributed by atoms with Gasteiger partial charge >= 0.3 is 17.9 Å². The van der Waals surface area contributed by atoms with Crippen molar-refractivity contribution in [2.75, 3.05) is 73.6 Å². The topological polar surface area (TPSA) is 265 Å². The van der Waals surface area contributed by atoms with Crippen molar-refractivity contribution in [1.82, 2.24) is 14.4 Å². The van der Waals surface area contributed by atoms with Gasteiger partial charge in [0.2, 0.25) is 5.43 Å². The van der Waals surface area contributed by atoms with Crippen molar-refractivity contribution < 1.29 is 86.6 Å². The number of anilines is 1. The quantitative estimate of drug-likeness (QED) is 0.0633. The first-order valence-electron chi connectivity index (χ1n) is 27.4. The van der Waals surface area contributed by atoms with Crippen LogP contribution in [0, 0.1) is 23.6 Å².